The second-order valence-electron chi connectivity index (χ2n) is 2.28. The summed E-state index contributed by atoms with van der Waals surface area (Å²) >= 11 is 0. The van der Waals surface area contributed by atoms with Crippen LogP contribution in [-0.4, -0.2) is 34.0 Å². The highest BCUT2D eigenvalue weighted by Gasteiger charge is 2.07. The van der Waals surface area contributed by atoms with Crippen molar-refractivity contribution in [2.24, 2.45) is 5.92 Å². The monoisotopic (exact) mass is 160 g/mol. The zero-order chi connectivity index (χ0) is 8.53. The maximum absolute atomic E-state index is 5.00. The molecule has 0 aliphatic carbocycles. The zero-order valence-corrected chi connectivity index (χ0v) is 7.21. The topological polar surface area (TPSA) is 27.7 Å². The van der Waals surface area contributed by atoms with Crippen molar-refractivity contribution in [1.29, 1.82) is 0 Å². The number of methoxy groups -OCH3 is 2. The number of hydrogen-bond donors (Lipinski definition) is 0. The maximum Gasteiger partial charge on any atom is 0.0945 e. The fourth-order valence-corrected chi connectivity index (χ4v) is 0.820. The summed E-state index contributed by atoms with van der Waals surface area (Å²) in [4.78, 5) is 0. The molecule has 3 heteroatoms. The lowest BCUT2D eigenvalue weighted by Crippen LogP contribution is -2.19. The molecule has 0 fully saturated rings. The molecule has 0 saturated carbocycles. The summed E-state index contributed by atoms with van der Waals surface area (Å²) in [5, 5.41) is 0. The van der Waals surface area contributed by atoms with Gasteiger partial charge in [0.05, 0.1) is 26.1 Å². The number of hydrogen-bond acceptors (Lipinski definition) is 3. The second kappa shape index (κ2) is 7.57. The molecule has 0 amide bonds. The van der Waals surface area contributed by atoms with Crippen LogP contribution >= 0.6 is 0 Å². The van der Waals surface area contributed by atoms with Crippen molar-refractivity contribution in [3.63, 3.8) is 0 Å². The summed E-state index contributed by atoms with van der Waals surface area (Å²) in [6, 6.07) is 0. The van der Waals surface area contributed by atoms with Crippen molar-refractivity contribution < 1.29 is 14.2 Å². The van der Waals surface area contributed by atoms with Gasteiger partial charge in [0.2, 0.25) is 0 Å². The van der Waals surface area contributed by atoms with Crippen LogP contribution < -0.4 is 0 Å². The van der Waals surface area contributed by atoms with Crippen molar-refractivity contribution >= 4 is 0 Å². The molecule has 0 bridgehead atoms. The largest absolute Gasteiger partial charge is 0.501 e. The Morgan fingerprint density at radius 3 is 2.09 bits per heavy atom. The van der Waals surface area contributed by atoms with Crippen LogP contribution in [-0.2, 0) is 14.2 Å². The van der Waals surface area contributed by atoms with Crippen molar-refractivity contribution in [2.75, 3.05) is 34.0 Å². The van der Waals surface area contributed by atoms with E-state index in [9.17, 15) is 0 Å². The summed E-state index contributed by atoms with van der Waals surface area (Å²) in [7, 11) is 3.33. The van der Waals surface area contributed by atoms with Crippen LogP contribution in [0, 0.1) is 5.92 Å². The predicted octanol–water partition coefficient (Wildman–Crippen LogP) is 1.06. The van der Waals surface area contributed by atoms with Crippen LogP contribution in [0.4, 0.5) is 0 Å². The van der Waals surface area contributed by atoms with Gasteiger partial charge < -0.3 is 14.2 Å². The van der Waals surface area contributed by atoms with Gasteiger partial charge in [-0.3, -0.25) is 0 Å². The molecule has 0 radical (unpaired) electrons. The Bertz CT molecular complexity index is 87.3. The molecule has 0 aromatic carbocycles. The minimum atomic E-state index is 0.294. The molecule has 0 saturated heterocycles. The van der Waals surface area contributed by atoms with Crippen molar-refractivity contribution in [2.45, 2.75) is 0 Å². The minimum absolute atomic E-state index is 0.294. The molecular formula is C8H16O3. The summed E-state index contributed by atoms with van der Waals surface area (Å²) in [6.45, 7) is 5.36. The first-order valence-corrected chi connectivity index (χ1v) is 3.55. The van der Waals surface area contributed by atoms with Crippen LogP contribution in [0.15, 0.2) is 12.8 Å². The SMILES string of the molecule is C=COCC(COC)COC. The van der Waals surface area contributed by atoms with E-state index in [1.165, 1.54) is 6.26 Å². The first kappa shape index (κ1) is 10.5. The fraction of sp³-hybridized carbons (Fsp3) is 0.750. The van der Waals surface area contributed by atoms with E-state index in [1.807, 2.05) is 0 Å². The zero-order valence-electron chi connectivity index (χ0n) is 7.21. The van der Waals surface area contributed by atoms with E-state index in [-0.39, 0.29) is 0 Å². The van der Waals surface area contributed by atoms with Crippen molar-refractivity contribution in [3.8, 4) is 0 Å². The third-order valence-corrected chi connectivity index (χ3v) is 1.25. The third-order valence-electron chi connectivity index (χ3n) is 1.25. The van der Waals surface area contributed by atoms with Gasteiger partial charge >= 0.3 is 0 Å². The quantitative estimate of drug-likeness (QED) is 0.521. The van der Waals surface area contributed by atoms with Gasteiger partial charge in [-0.05, 0) is 0 Å². The molecule has 0 rings (SSSR count). The van der Waals surface area contributed by atoms with Gasteiger partial charge in [-0.15, -0.1) is 0 Å². The summed E-state index contributed by atoms with van der Waals surface area (Å²) in [5.41, 5.74) is 0. The van der Waals surface area contributed by atoms with Crippen LogP contribution in [0.5, 0.6) is 0 Å². The van der Waals surface area contributed by atoms with Gasteiger partial charge in [-0.2, -0.15) is 0 Å². The Morgan fingerprint density at radius 1 is 1.18 bits per heavy atom. The summed E-state index contributed by atoms with van der Waals surface area (Å²) < 4.78 is 14.9. The van der Waals surface area contributed by atoms with E-state index in [2.05, 4.69) is 6.58 Å². The molecule has 11 heavy (non-hydrogen) atoms. The lowest BCUT2D eigenvalue weighted by molar-refractivity contribution is 0.0468. The molecule has 0 aliphatic heterocycles. The summed E-state index contributed by atoms with van der Waals surface area (Å²) in [5.74, 6) is 0.294. The Balaban J connectivity index is 3.41. The number of rotatable bonds is 7. The van der Waals surface area contributed by atoms with Crippen LogP contribution in [0.2, 0.25) is 0 Å². The number of ether oxygens (including phenoxy) is 3. The second-order valence-corrected chi connectivity index (χ2v) is 2.28. The van der Waals surface area contributed by atoms with Gasteiger partial charge in [0.1, 0.15) is 0 Å². The molecule has 0 aliphatic rings. The Morgan fingerprint density at radius 2 is 1.73 bits per heavy atom. The molecular weight excluding hydrogens is 144 g/mol. The van der Waals surface area contributed by atoms with Crippen LogP contribution in [0.1, 0.15) is 0 Å². The molecule has 66 valence electrons. The van der Waals surface area contributed by atoms with Gasteiger partial charge in [-0.1, -0.05) is 6.58 Å². The van der Waals surface area contributed by atoms with E-state index < -0.39 is 0 Å². The van der Waals surface area contributed by atoms with Gasteiger partial charge in [0.25, 0.3) is 0 Å². The van der Waals surface area contributed by atoms with Crippen molar-refractivity contribution in [1.82, 2.24) is 0 Å². The van der Waals surface area contributed by atoms with E-state index in [1.54, 1.807) is 14.2 Å². The van der Waals surface area contributed by atoms with E-state index in [4.69, 9.17) is 14.2 Å². The Kier molecular flexibility index (Phi) is 7.19. The van der Waals surface area contributed by atoms with Gasteiger partial charge in [0.15, 0.2) is 0 Å². The highest BCUT2D eigenvalue weighted by molar-refractivity contribution is 4.58. The van der Waals surface area contributed by atoms with Crippen LogP contribution in [0.25, 0.3) is 0 Å². The lowest BCUT2D eigenvalue weighted by atomic mass is 10.2. The van der Waals surface area contributed by atoms with Gasteiger partial charge in [0, 0.05) is 20.1 Å². The van der Waals surface area contributed by atoms with E-state index >= 15 is 0 Å². The molecule has 0 aromatic heterocycles. The maximum atomic E-state index is 5.00. The molecule has 0 aromatic rings. The average molecular weight is 160 g/mol. The van der Waals surface area contributed by atoms with Gasteiger partial charge in [-0.25, -0.2) is 0 Å². The van der Waals surface area contributed by atoms with E-state index in [0.717, 1.165) is 0 Å². The predicted molar refractivity (Wildman–Crippen MR) is 43.4 cm³/mol. The van der Waals surface area contributed by atoms with E-state index in [0.29, 0.717) is 25.7 Å². The molecule has 0 spiro atoms. The highest BCUT2D eigenvalue weighted by atomic mass is 16.5. The first-order valence-electron chi connectivity index (χ1n) is 3.55. The molecule has 0 unspecified atom stereocenters. The standard InChI is InChI=1S/C8H16O3/c1-4-11-7-8(5-9-2)6-10-3/h4,8H,1,5-7H2,2-3H3. The summed E-state index contributed by atoms with van der Waals surface area (Å²) in [6.07, 6.45) is 1.43. The highest BCUT2D eigenvalue weighted by Crippen LogP contribution is 1.98. The molecule has 0 N–H and O–H groups in total. The first-order chi connectivity index (χ1) is 5.35. The molecule has 3 nitrogen and oxygen atoms in total. The Hall–Kier alpha value is -0.540. The lowest BCUT2D eigenvalue weighted by Gasteiger charge is -2.13. The van der Waals surface area contributed by atoms with Crippen LogP contribution in [0.3, 0.4) is 0 Å². The fourth-order valence-electron chi connectivity index (χ4n) is 0.820. The van der Waals surface area contributed by atoms with Crippen molar-refractivity contribution in [3.05, 3.63) is 12.8 Å². The molecule has 0 heterocycles. The minimum Gasteiger partial charge on any atom is -0.501 e. The molecule has 0 atom stereocenters. The average Bonchev–Trinajstić information content (AvgIpc) is 2.01. The normalized spacial score (nSPS) is 10.1. The Labute approximate surface area is 67.9 Å². The smallest absolute Gasteiger partial charge is 0.0945 e. The third kappa shape index (κ3) is 5.88.